The number of rotatable bonds is 22. The van der Waals surface area contributed by atoms with Gasteiger partial charge in [-0.05, 0) is 89.5 Å². The number of aliphatic hydroxyl groups excluding tert-OH is 1. The molecule has 32 nitrogen and oxygen atoms in total. The molecule has 2 fully saturated rings. The first-order valence-corrected chi connectivity index (χ1v) is 29.0. The van der Waals surface area contributed by atoms with Gasteiger partial charge in [0, 0.05) is 12.6 Å². The fourth-order valence-corrected chi connectivity index (χ4v) is 9.25. The maximum Gasteiger partial charge on any atom is 0.335 e. The topological polar surface area (TPSA) is 507 Å². The van der Waals surface area contributed by atoms with E-state index in [2.05, 4.69) is 37.2 Å². The number of hydrogen-bond donors (Lipinski definition) is 16. The molecule has 2 heterocycles. The third-order valence-electron chi connectivity index (χ3n) is 14.6. The molecule has 0 aliphatic carbocycles. The van der Waals surface area contributed by atoms with Gasteiger partial charge in [-0.15, -0.1) is 0 Å². The minimum Gasteiger partial charge on any atom is -0.481 e. The van der Waals surface area contributed by atoms with Gasteiger partial charge in [0.25, 0.3) is 0 Å². The maximum absolute atomic E-state index is 14.8. The van der Waals surface area contributed by atoms with Crippen LogP contribution < -0.4 is 58.9 Å². The summed E-state index contributed by atoms with van der Waals surface area (Å²) in [6.45, 7) is 13.8. The summed E-state index contributed by atoms with van der Waals surface area (Å²) in [4.78, 5) is 205. The van der Waals surface area contributed by atoms with E-state index in [1.165, 1.54) is 40.7 Å². The van der Waals surface area contributed by atoms with Crippen LogP contribution >= 0.6 is 0 Å². The number of allylic oxidation sites excluding steroid dienone is 3. The number of nitrogens with one attached hydrogen (secondary N) is 10. The third kappa shape index (κ3) is 23.6. The first-order chi connectivity index (χ1) is 41.0. The molecule has 492 valence electrons. The average molecular weight is 1250 g/mol. The van der Waals surface area contributed by atoms with Crippen LogP contribution in [0, 0.1) is 35.5 Å². The second-order valence-corrected chi connectivity index (χ2v) is 23.1. The van der Waals surface area contributed by atoms with Crippen molar-refractivity contribution in [3.05, 3.63) is 24.3 Å². The van der Waals surface area contributed by atoms with Gasteiger partial charge in [0.05, 0.1) is 30.8 Å². The Morgan fingerprint density at radius 2 is 1.23 bits per heavy atom. The van der Waals surface area contributed by atoms with Gasteiger partial charge in [-0.1, -0.05) is 66.7 Å². The molecule has 0 aromatic heterocycles. The minimum absolute atomic E-state index is 0.0277. The highest BCUT2D eigenvalue weighted by Gasteiger charge is 2.45. The molecule has 4 unspecified atom stereocenters. The van der Waals surface area contributed by atoms with E-state index in [1.54, 1.807) is 19.1 Å². The highest BCUT2D eigenvalue weighted by molar-refractivity contribution is 6.02. The Morgan fingerprint density at radius 3 is 1.78 bits per heavy atom. The molecule has 0 aromatic rings. The van der Waals surface area contributed by atoms with E-state index < -0.39 is 198 Å². The van der Waals surface area contributed by atoms with Crippen LogP contribution in [0.1, 0.15) is 114 Å². The molecule has 17 N–H and O–H groups in total. The number of carbonyl (C=O) groups is 15. The molecule has 2 aliphatic heterocycles. The highest BCUT2D eigenvalue weighted by atomic mass is 16.4. The van der Waals surface area contributed by atoms with Crippen LogP contribution in [-0.2, 0) is 71.9 Å². The van der Waals surface area contributed by atoms with Crippen LogP contribution in [0.3, 0.4) is 0 Å². The average Bonchev–Trinajstić information content (AvgIpc) is 1.69. The molecule has 88 heavy (non-hydrogen) atoms. The zero-order valence-electron chi connectivity index (χ0n) is 51.1. The van der Waals surface area contributed by atoms with Crippen molar-refractivity contribution < 1.29 is 97.5 Å². The second-order valence-electron chi connectivity index (χ2n) is 23.1. The standard InChI is InChI=1S/C56H88N12O20/c1-25(2)17-13-11-12-14-19-35(69)62-40(29(8)54(83)84)50(79)66-42-31(10)59-47(76)34-21-28(7)24-68(34)53(82)39(27(5)6)65-49(78)41(30(9)55(85)86)63-36(70)23-58-45(74)33(22-37(71)72)61-52(81)43(44(73)56(87)88)67-46(75)32(18-15-16-20-57)60-48(77)38(26(3)4)64-51(42)80/h11-12,14,19,25-34,38-44,73H,13,15-18,20-24,57H2,1-10H3,(H,58,74)(H,59,76)(H,60,77)(H,61,81)(H,62,69)(H,63,70)(H,64,80)(H,65,78)(H,66,79)(H,67,75)(H,71,72)(H,83,84)(H,85,86)(H,87,88)/b12-11-,19-14+/t28-,29?,30?,31?,32+,33+,34+,38-,39+,40+,41-,42+,43+,44?/m1/s1. The first kappa shape index (κ1) is 75.5. The van der Waals surface area contributed by atoms with Crippen molar-refractivity contribution in [3.8, 4) is 0 Å². The molecule has 32 heteroatoms. The molecular weight excluding hydrogens is 1160 g/mol. The molecule has 11 amide bonds. The number of nitrogens with zero attached hydrogens (tertiary/aromatic N) is 1. The molecule has 0 saturated carbocycles. The second kappa shape index (κ2) is 35.9. The SMILES string of the molecule is CC(C)CC/C=C\C=C\C(=O)N[C@H](C(=O)N[C@@H]1C(=O)N[C@H](C(C)C)C(=O)N[C@@H](CCCCN)C(=O)N[C@@H](C(O)C(=O)O)C(=O)N[C@@H](CC(=O)O)C(=O)NCC(=O)N[C@H](C(C)C(=O)O)C(=O)N[C@@H](C(C)C)C(=O)N2C[C@H](C)C[C@H]2C(=O)NC1C)C(C)C(=O)O. The van der Waals surface area contributed by atoms with Crippen LogP contribution in [0.4, 0.5) is 0 Å². The zero-order valence-corrected chi connectivity index (χ0v) is 51.1. The van der Waals surface area contributed by atoms with Gasteiger partial charge < -0.3 is 89.3 Å². The van der Waals surface area contributed by atoms with Gasteiger partial charge in [-0.25, -0.2) is 4.79 Å². The summed E-state index contributed by atoms with van der Waals surface area (Å²) in [5.74, 6) is -25.6. The van der Waals surface area contributed by atoms with Crippen LogP contribution in [0.5, 0.6) is 0 Å². The molecule has 2 aliphatic rings. The Hall–Kier alpha value is -8.55. The summed E-state index contributed by atoms with van der Waals surface area (Å²) in [6.07, 6.45) is 3.09. The van der Waals surface area contributed by atoms with E-state index in [1.807, 2.05) is 29.8 Å². The predicted molar refractivity (Wildman–Crippen MR) is 310 cm³/mol. The van der Waals surface area contributed by atoms with Crippen LogP contribution in [0.2, 0.25) is 0 Å². The number of fused-ring (bicyclic) bond motifs is 1. The molecule has 0 aromatic carbocycles. The Bertz CT molecular complexity index is 2630. The normalized spacial score (nSPS) is 25.9. The molecule has 2 saturated heterocycles. The van der Waals surface area contributed by atoms with Crippen LogP contribution in [0.25, 0.3) is 0 Å². The lowest BCUT2D eigenvalue weighted by Crippen LogP contribution is -2.65. The van der Waals surface area contributed by atoms with Crippen molar-refractivity contribution in [2.75, 3.05) is 19.6 Å². The van der Waals surface area contributed by atoms with Crippen molar-refractivity contribution in [3.63, 3.8) is 0 Å². The number of carbonyl (C=O) groups excluding carboxylic acids is 11. The highest BCUT2D eigenvalue weighted by Crippen LogP contribution is 2.26. The van der Waals surface area contributed by atoms with E-state index in [4.69, 9.17) is 5.73 Å². The van der Waals surface area contributed by atoms with Gasteiger partial charge in [0.1, 0.15) is 54.4 Å². The van der Waals surface area contributed by atoms with E-state index in [0.29, 0.717) is 12.3 Å². The summed E-state index contributed by atoms with van der Waals surface area (Å²) in [7, 11) is 0. The number of carboxylic acid groups (broad SMARTS) is 4. The molecular formula is C56H88N12O20. The van der Waals surface area contributed by atoms with E-state index >= 15 is 0 Å². The smallest absolute Gasteiger partial charge is 0.335 e. The lowest BCUT2D eigenvalue weighted by atomic mass is 9.97. The number of hydrogen-bond acceptors (Lipinski definition) is 17. The summed E-state index contributed by atoms with van der Waals surface area (Å²) in [6, 6.07) is -18.6. The Kier molecular flexibility index (Phi) is 30.8. The molecule has 14 atom stereocenters. The number of amides is 11. The van der Waals surface area contributed by atoms with Crippen molar-refractivity contribution >= 4 is 88.9 Å². The predicted octanol–water partition coefficient (Wildman–Crippen LogP) is -3.91. The quantitative estimate of drug-likeness (QED) is 0.0280. The number of unbranched alkanes of at least 4 members (excludes halogenated alkanes) is 1. The third-order valence-corrected chi connectivity index (χ3v) is 14.6. The fraction of sp³-hybridized carbons (Fsp3) is 0.661. The maximum atomic E-state index is 14.8. The summed E-state index contributed by atoms with van der Waals surface area (Å²) in [5, 5.41) is 73.1. The minimum atomic E-state index is -2.84. The summed E-state index contributed by atoms with van der Waals surface area (Å²) < 4.78 is 0. The lowest BCUT2D eigenvalue weighted by Gasteiger charge is -2.34. The van der Waals surface area contributed by atoms with Crippen LogP contribution in [0.15, 0.2) is 24.3 Å². The molecule has 2 rings (SSSR count). The summed E-state index contributed by atoms with van der Waals surface area (Å²) >= 11 is 0. The Morgan fingerprint density at radius 1 is 0.648 bits per heavy atom. The Labute approximate surface area is 508 Å². The van der Waals surface area contributed by atoms with E-state index in [-0.39, 0.29) is 38.8 Å². The first-order valence-electron chi connectivity index (χ1n) is 29.0. The monoisotopic (exact) mass is 1250 g/mol. The number of aliphatic hydroxyl groups is 1. The summed E-state index contributed by atoms with van der Waals surface area (Å²) in [5.41, 5.74) is 5.69. The molecule has 0 radical (unpaired) electrons. The van der Waals surface area contributed by atoms with Crippen molar-refractivity contribution in [2.24, 2.45) is 41.2 Å². The number of nitrogens with two attached hydrogens (primary N) is 1. The number of aliphatic carboxylic acids is 4. The molecule has 0 spiro atoms. The van der Waals surface area contributed by atoms with Crippen molar-refractivity contribution in [2.45, 2.75) is 181 Å². The van der Waals surface area contributed by atoms with Gasteiger partial charge in [0.15, 0.2) is 6.10 Å². The van der Waals surface area contributed by atoms with Gasteiger partial charge in [0.2, 0.25) is 65.0 Å². The van der Waals surface area contributed by atoms with Crippen molar-refractivity contribution in [1.29, 1.82) is 0 Å². The van der Waals surface area contributed by atoms with Gasteiger partial charge in [-0.3, -0.25) is 67.1 Å². The van der Waals surface area contributed by atoms with Crippen molar-refractivity contribution in [1.82, 2.24) is 58.1 Å². The number of carboxylic acids is 4. The van der Waals surface area contributed by atoms with Gasteiger partial charge in [-0.2, -0.15) is 0 Å². The lowest BCUT2D eigenvalue weighted by molar-refractivity contribution is -0.153. The molecule has 0 bridgehead atoms. The van der Waals surface area contributed by atoms with E-state index in [9.17, 15) is 97.5 Å². The largest absolute Gasteiger partial charge is 0.481 e. The van der Waals surface area contributed by atoms with Crippen LogP contribution in [-0.4, -0.2) is 205 Å². The Balaban J connectivity index is 2.97. The van der Waals surface area contributed by atoms with Gasteiger partial charge >= 0.3 is 23.9 Å². The fourth-order valence-electron chi connectivity index (χ4n) is 9.25. The van der Waals surface area contributed by atoms with E-state index in [0.717, 1.165) is 31.2 Å². The zero-order chi connectivity index (χ0) is 67.0.